The molecule has 0 spiro atoms. The van der Waals surface area contributed by atoms with E-state index in [0.29, 0.717) is 0 Å². The van der Waals surface area contributed by atoms with Crippen molar-refractivity contribution in [3.8, 4) is 0 Å². The number of hydrogen-bond donors (Lipinski definition) is 1. The molecule has 5 heteroatoms. The number of rotatable bonds is 6. The summed E-state index contributed by atoms with van der Waals surface area (Å²) in [5.41, 5.74) is 0. The summed E-state index contributed by atoms with van der Waals surface area (Å²) in [5, 5.41) is 9.20. The van der Waals surface area contributed by atoms with Crippen molar-refractivity contribution in [2.45, 2.75) is 13.0 Å². The van der Waals surface area contributed by atoms with Crippen LogP contribution in [0.3, 0.4) is 0 Å². The normalized spacial score (nSPS) is 12.1. The van der Waals surface area contributed by atoms with Gasteiger partial charge in [-0.2, -0.15) is 0 Å². The second kappa shape index (κ2) is 7.75. The molecule has 0 aliphatic rings. The molecule has 0 aliphatic carbocycles. The molecule has 0 fully saturated rings. The average Bonchev–Trinajstić information content (AvgIpc) is 2.23. The monoisotopic (exact) mass is 214 g/mol. The fraction of sp³-hybridized carbons (Fsp3) is 0.400. The average molecular weight is 214 g/mol. The molecule has 0 radical (unpaired) electrons. The molecular formula is C10H14O5. The summed E-state index contributed by atoms with van der Waals surface area (Å²) in [6.07, 6.45) is 2.70. The second-order valence-electron chi connectivity index (χ2n) is 2.62. The van der Waals surface area contributed by atoms with E-state index in [2.05, 4.69) is 16.1 Å². The van der Waals surface area contributed by atoms with Crippen molar-refractivity contribution in [3.63, 3.8) is 0 Å². The van der Waals surface area contributed by atoms with E-state index in [-0.39, 0.29) is 13.2 Å². The molecule has 0 saturated carbocycles. The van der Waals surface area contributed by atoms with Crippen molar-refractivity contribution in [3.05, 3.63) is 24.8 Å². The Kier molecular flexibility index (Phi) is 6.92. The maximum Gasteiger partial charge on any atom is 0.330 e. The van der Waals surface area contributed by atoms with Crippen LogP contribution in [-0.2, 0) is 19.1 Å². The third kappa shape index (κ3) is 7.45. The molecule has 0 aliphatic heterocycles. The van der Waals surface area contributed by atoms with Gasteiger partial charge in [-0.3, -0.25) is 0 Å². The van der Waals surface area contributed by atoms with Crippen molar-refractivity contribution in [2.24, 2.45) is 0 Å². The highest BCUT2D eigenvalue weighted by Crippen LogP contribution is 1.90. The van der Waals surface area contributed by atoms with Gasteiger partial charge in [0, 0.05) is 12.2 Å². The first-order valence-electron chi connectivity index (χ1n) is 4.36. The Morgan fingerprint density at radius 1 is 1.33 bits per heavy atom. The van der Waals surface area contributed by atoms with Gasteiger partial charge < -0.3 is 14.6 Å². The van der Waals surface area contributed by atoms with E-state index < -0.39 is 18.0 Å². The third-order valence-corrected chi connectivity index (χ3v) is 1.31. The fourth-order valence-corrected chi connectivity index (χ4v) is 0.648. The predicted octanol–water partition coefficient (Wildman–Crippen LogP) is 0.196. The molecular weight excluding hydrogens is 200 g/mol. The van der Waals surface area contributed by atoms with Gasteiger partial charge in [-0.05, 0) is 6.92 Å². The smallest absolute Gasteiger partial charge is 0.330 e. The second-order valence-corrected chi connectivity index (χ2v) is 2.62. The largest absolute Gasteiger partial charge is 0.460 e. The molecule has 84 valence electrons. The van der Waals surface area contributed by atoms with Crippen LogP contribution in [0.1, 0.15) is 6.92 Å². The van der Waals surface area contributed by atoms with Crippen LogP contribution in [0.5, 0.6) is 0 Å². The number of esters is 2. The van der Waals surface area contributed by atoms with Crippen LogP contribution in [0.4, 0.5) is 0 Å². The number of hydrogen-bond acceptors (Lipinski definition) is 5. The van der Waals surface area contributed by atoms with E-state index in [0.717, 1.165) is 6.08 Å². The SMILES string of the molecule is C=CC(=O)OCC(O)COC(=O)/C=C/C. The quantitative estimate of drug-likeness (QED) is 0.505. The zero-order valence-corrected chi connectivity index (χ0v) is 8.51. The number of ether oxygens (including phenoxy) is 2. The van der Waals surface area contributed by atoms with E-state index in [1.54, 1.807) is 6.92 Å². The Morgan fingerprint density at radius 3 is 2.33 bits per heavy atom. The molecule has 0 rings (SSSR count). The van der Waals surface area contributed by atoms with Crippen molar-refractivity contribution in [1.29, 1.82) is 0 Å². The molecule has 0 aromatic carbocycles. The first-order chi connectivity index (χ1) is 7.10. The lowest BCUT2D eigenvalue weighted by molar-refractivity contribution is -0.146. The third-order valence-electron chi connectivity index (χ3n) is 1.31. The van der Waals surface area contributed by atoms with Crippen LogP contribution in [-0.4, -0.2) is 36.4 Å². The van der Waals surface area contributed by atoms with E-state index in [9.17, 15) is 14.7 Å². The molecule has 0 bridgehead atoms. The first kappa shape index (κ1) is 13.4. The van der Waals surface area contributed by atoms with Gasteiger partial charge in [-0.15, -0.1) is 0 Å². The zero-order chi connectivity index (χ0) is 11.7. The highest BCUT2D eigenvalue weighted by molar-refractivity contribution is 5.82. The topological polar surface area (TPSA) is 72.8 Å². The zero-order valence-electron chi connectivity index (χ0n) is 8.51. The number of carbonyl (C=O) groups excluding carboxylic acids is 2. The van der Waals surface area contributed by atoms with E-state index in [1.165, 1.54) is 12.2 Å². The van der Waals surface area contributed by atoms with Crippen LogP contribution in [0.2, 0.25) is 0 Å². The van der Waals surface area contributed by atoms with Gasteiger partial charge in [0.05, 0.1) is 0 Å². The molecule has 1 unspecified atom stereocenters. The highest BCUT2D eigenvalue weighted by atomic mass is 16.6. The molecule has 15 heavy (non-hydrogen) atoms. The Balaban J connectivity index is 3.65. The van der Waals surface area contributed by atoms with Gasteiger partial charge in [0.25, 0.3) is 0 Å². The van der Waals surface area contributed by atoms with Crippen LogP contribution in [0.15, 0.2) is 24.8 Å². The molecule has 5 nitrogen and oxygen atoms in total. The summed E-state index contributed by atoms with van der Waals surface area (Å²) in [6, 6.07) is 0. The Hall–Kier alpha value is -1.62. The van der Waals surface area contributed by atoms with Gasteiger partial charge in [0.1, 0.15) is 19.3 Å². The van der Waals surface area contributed by atoms with Crippen molar-refractivity contribution in [2.75, 3.05) is 13.2 Å². The maximum absolute atomic E-state index is 10.8. The molecule has 0 amide bonds. The lowest BCUT2D eigenvalue weighted by Crippen LogP contribution is -2.24. The first-order valence-corrected chi connectivity index (χ1v) is 4.36. The Morgan fingerprint density at radius 2 is 1.87 bits per heavy atom. The van der Waals surface area contributed by atoms with Gasteiger partial charge in [-0.1, -0.05) is 12.7 Å². The molecule has 1 atom stereocenters. The van der Waals surface area contributed by atoms with Gasteiger partial charge in [-0.25, -0.2) is 9.59 Å². The minimum absolute atomic E-state index is 0.215. The minimum atomic E-state index is -1.02. The molecule has 0 saturated heterocycles. The minimum Gasteiger partial charge on any atom is -0.460 e. The van der Waals surface area contributed by atoms with E-state index in [4.69, 9.17) is 0 Å². The molecule has 1 N–H and O–H groups in total. The summed E-state index contributed by atoms with van der Waals surface area (Å²) in [4.78, 5) is 21.4. The highest BCUT2D eigenvalue weighted by Gasteiger charge is 2.08. The van der Waals surface area contributed by atoms with Gasteiger partial charge >= 0.3 is 11.9 Å². The van der Waals surface area contributed by atoms with Gasteiger partial charge in [0.2, 0.25) is 0 Å². The fourth-order valence-electron chi connectivity index (χ4n) is 0.648. The number of aliphatic hydroxyl groups excluding tert-OH is 1. The van der Waals surface area contributed by atoms with Crippen LogP contribution in [0, 0.1) is 0 Å². The van der Waals surface area contributed by atoms with Gasteiger partial charge in [0.15, 0.2) is 0 Å². The van der Waals surface area contributed by atoms with E-state index >= 15 is 0 Å². The summed E-state index contributed by atoms with van der Waals surface area (Å²) in [6.45, 7) is 4.41. The Labute approximate surface area is 88.0 Å². The molecule has 0 aromatic heterocycles. The number of aliphatic hydroxyl groups is 1. The molecule has 0 heterocycles. The summed E-state index contributed by atoms with van der Waals surface area (Å²) in [7, 11) is 0. The van der Waals surface area contributed by atoms with Crippen LogP contribution >= 0.6 is 0 Å². The predicted molar refractivity (Wildman–Crippen MR) is 52.9 cm³/mol. The summed E-state index contributed by atoms with van der Waals surface area (Å²) < 4.78 is 9.15. The van der Waals surface area contributed by atoms with Crippen LogP contribution in [0.25, 0.3) is 0 Å². The lowest BCUT2D eigenvalue weighted by Gasteiger charge is -2.09. The summed E-state index contributed by atoms with van der Waals surface area (Å²) in [5.74, 6) is -1.18. The standard InChI is InChI=1S/C10H14O5/c1-3-5-10(13)15-7-8(11)6-14-9(12)4-2/h3-5,8,11H,2,6-7H2,1H3/b5-3+. The lowest BCUT2D eigenvalue weighted by atomic mass is 10.4. The maximum atomic E-state index is 10.8. The summed E-state index contributed by atoms with van der Waals surface area (Å²) >= 11 is 0. The molecule has 0 aromatic rings. The van der Waals surface area contributed by atoms with Crippen molar-refractivity contribution < 1.29 is 24.2 Å². The van der Waals surface area contributed by atoms with Crippen LogP contribution < -0.4 is 0 Å². The van der Waals surface area contributed by atoms with Crippen molar-refractivity contribution >= 4 is 11.9 Å². The Bertz CT molecular complexity index is 257. The van der Waals surface area contributed by atoms with E-state index in [1.807, 2.05) is 0 Å². The van der Waals surface area contributed by atoms with Crippen molar-refractivity contribution in [1.82, 2.24) is 0 Å². The number of carbonyl (C=O) groups is 2. The number of allylic oxidation sites excluding steroid dienone is 1.